The van der Waals surface area contributed by atoms with E-state index in [1.165, 1.54) is 0 Å². The van der Waals surface area contributed by atoms with Gasteiger partial charge in [0.1, 0.15) is 0 Å². The van der Waals surface area contributed by atoms with Crippen LogP contribution in [0.1, 0.15) is 0 Å². The molecule has 0 amide bonds. The van der Waals surface area contributed by atoms with Crippen molar-refractivity contribution in [2.24, 2.45) is 0 Å². The highest BCUT2D eigenvalue weighted by Crippen LogP contribution is 2.34. The number of nitrogens with zero attached hydrogens (tertiary/aromatic N) is 3. The normalized spacial score (nSPS) is 11.2. The van der Waals surface area contributed by atoms with Crippen molar-refractivity contribution in [3.8, 4) is 22.5 Å². The Morgan fingerprint density at radius 3 is 2.48 bits per heavy atom. The van der Waals surface area contributed by atoms with Crippen molar-refractivity contribution in [1.82, 2.24) is 19.9 Å². The van der Waals surface area contributed by atoms with Crippen LogP contribution in [0.4, 0.5) is 4.39 Å². The van der Waals surface area contributed by atoms with E-state index < -0.39 is 11.4 Å². The maximum Gasteiger partial charge on any atom is 0.212 e. The summed E-state index contributed by atoms with van der Waals surface area (Å²) in [6.45, 7) is 0. The number of rotatable bonds is 2. The first-order chi connectivity index (χ1) is 14.1. The summed E-state index contributed by atoms with van der Waals surface area (Å²) in [5.74, 6) is -0.761. The van der Waals surface area contributed by atoms with E-state index in [9.17, 15) is 9.18 Å². The number of H-pyrrole nitrogens is 1. The van der Waals surface area contributed by atoms with E-state index in [0.29, 0.717) is 27.5 Å². The van der Waals surface area contributed by atoms with Crippen LogP contribution in [-0.4, -0.2) is 19.9 Å². The number of hydrogen-bond acceptors (Lipinski definition) is 4. The Balaban J connectivity index is 1.88. The highest BCUT2D eigenvalue weighted by atomic mass is 35.5. The summed E-state index contributed by atoms with van der Waals surface area (Å²) in [5, 5.41) is 1.30. The Morgan fingerprint density at radius 2 is 1.66 bits per heavy atom. The third-order valence-electron chi connectivity index (χ3n) is 4.60. The largest absolute Gasteiger partial charge is 0.315 e. The van der Waals surface area contributed by atoms with Crippen LogP contribution >= 0.6 is 11.6 Å². The van der Waals surface area contributed by atoms with Gasteiger partial charge < -0.3 is 4.98 Å². The molecule has 5 rings (SSSR count). The second-order valence-electron chi connectivity index (χ2n) is 6.50. The monoisotopic (exact) mass is 402 g/mol. The van der Waals surface area contributed by atoms with Gasteiger partial charge in [-0.15, -0.1) is 0 Å². The number of fused-ring (bicyclic) bond motifs is 2. The van der Waals surface area contributed by atoms with E-state index in [0.717, 1.165) is 17.0 Å². The molecule has 0 aliphatic rings. The summed E-state index contributed by atoms with van der Waals surface area (Å²) in [6, 6.07) is 17.6. The van der Waals surface area contributed by atoms with Crippen molar-refractivity contribution >= 4 is 33.7 Å². The molecule has 7 heteroatoms. The lowest BCUT2D eigenvalue weighted by Gasteiger charge is -2.11. The SMILES string of the molecule is O=c1cc(F)[nH]c2nc(-c3ccccc3)c(-c3cc(Cl)c4ncccc4c3)nc12. The number of aromatic amines is 1. The van der Waals surface area contributed by atoms with Gasteiger partial charge in [-0.2, -0.15) is 4.39 Å². The molecular weight excluding hydrogens is 391 g/mol. The first-order valence-corrected chi connectivity index (χ1v) is 9.18. The summed E-state index contributed by atoms with van der Waals surface area (Å²) in [4.78, 5) is 28.2. The van der Waals surface area contributed by atoms with Gasteiger partial charge in [-0.05, 0) is 18.2 Å². The zero-order chi connectivity index (χ0) is 20.0. The Kier molecular flexibility index (Phi) is 4.07. The van der Waals surface area contributed by atoms with Gasteiger partial charge in [-0.1, -0.05) is 48.0 Å². The van der Waals surface area contributed by atoms with E-state index in [2.05, 4.69) is 19.9 Å². The van der Waals surface area contributed by atoms with Crippen LogP contribution in [0.25, 0.3) is 44.6 Å². The van der Waals surface area contributed by atoms with Crippen molar-refractivity contribution in [3.05, 3.63) is 88.1 Å². The molecule has 2 aromatic carbocycles. The number of hydrogen-bond donors (Lipinski definition) is 1. The number of benzene rings is 2. The number of aromatic nitrogens is 4. The quantitative estimate of drug-likeness (QED) is 0.422. The molecule has 0 atom stereocenters. The highest BCUT2D eigenvalue weighted by Gasteiger charge is 2.17. The number of halogens is 2. The predicted molar refractivity (Wildman–Crippen MR) is 111 cm³/mol. The first-order valence-electron chi connectivity index (χ1n) is 8.81. The van der Waals surface area contributed by atoms with Crippen LogP contribution in [0.3, 0.4) is 0 Å². The lowest BCUT2D eigenvalue weighted by atomic mass is 10.0. The molecule has 0 aliphatic carbocycles. The summed E-state index contributed by atoms with van der Waals surface area (Å²) in [5.41, 5.74) is 2.74. The minimum absolute atomic E-state index is 0.0588. The van der Waals surface area contributed by atoms with Crippen molar-refractivity contribution in [3.63, 3.8) is 0 Å². The summed E-state index contributed by atoms with van der Waals surface area (Å²) < 4.78 is 13.7. The standard InChI is InChI=1S/C22H12ClFN4O/c23-15-10-14(9-13-7-4-8-25-18(13)15)20-19(12-5-2-1-3-6-12)28-22-21(27-20)16(29)11-17(24)26-22/h1-11H,(H,26,28,29). The first kappa shape index (κ1) is 17.5. The Morgan fingerprint density at radius 1 is 0.862 bits per heavy atom. The maximum absolute atomic E-state index is 13.7. The zero-order valence-electron chi connectivity index (χ0n) is 14.9. The number of nitrogens with one attached hydrogen (secondary N) is 1. The highest BCUT2D eigenvalue weighted by molar-refractivity contribution is 6.35. The fourth-order valence-corrected chi connectivity index (χ4v) is 3.59. The molecule has 29 heavy (non-hydrogen) atoms. The van der Waals surface area contributed by atoms with Gasteiger partial charge in [0.15, 0.2) is 17.1 Å². The molecule has 0 bridgehead atoms. The van der Waals surface area contributed by atoms with E-state index in [1.54, 1.807) is 12.3 Å². The summed E-state index contributed by atoms with van der Waals surface area (Å²) in [6.07, 6.45) is 1.67. The third-order valence-corrected chi connectivity index (χ3v) is 4.89. The lowest BCUT2D eigenvalue weighted by Crippen LogP contribution is -2.09. The molecular formula is C22H12ClFN4O. The van der Waals surface area contributed by atoms with E-state index in [4.69, 9.17) is 11.6 Å². The topological polar surface area (TPSA) is 71.5 Å². The lowest BCUT2D eigenvalue weighted by molar-refractivity contribution is 0.586. The maximum atomic E-state index is 13.7. The molecule has 0 saturated carbocycles. The van der Waals surface area contributed by atoms with Crippen LogP contribution in [0.2, 0.25) is 5.02 Å². The van der Waals surface area contributed by atoms with Gasteiger partial charge in [0, 0.05) is 28.8 Å². The van der Waals surface area contributed by atoms with Gasteiger partial charge in [0.2, 0.25) is 5.43 Å². The van der Waals surface area contributed by atoms with Crippen molar-refractivity contribution in [2.75, 3.05) is 0 Å². The van der Waals surface area contributed by atoms with Crippen LogP contribution in [-0.2, 0) is 0 Å². The Bertz CT molecular complexity index is 1450. The van der Waals surface area contributed by atoms with Crippen LogP contribution < -0.4 is 5.43 Å². The molecule has 0 unspecified atom stereocenters. The molecule has 1 N–H and O–H groups in total. The molecule has 0 radical (unpaired) electrons. The van der Waals surface area contributed by atoms with Gasteiger partial charge >= 0.3 is 0 Å². The Labute approximate surface area is 168 Å². The zero-order valence-corrected chi connectivity index (χ0v) is 15.6. The molecule has 0 aliphatic heterocycles. The van der Waals surface area contributed by atoms with Gasteiger partial charge in [0.05, 0.1) is 21.9 Å². The van der Waals surface area contributed by atoms with Gasteiger partial charge in [-0.25, -0.2) is 9.97 Å². The fraction of sp³-hybridized carbons (Fsp3) is 0. The van der Waals surface area contributed by atoms with Gasteiger partial charge in [0.25, 0.3) is 0 Å². The van der Waals surface area contributed by atoms with Gasteiger partial charge in [-0.3, -0.25) is 9.78 Å². The second-order valence-corrected chi connectivity index (χ2v) is 6.91. The minimum atomic E-state index is -0.761. The molecule has 140 valence electrons. The van der Waals surface area contributed by atoms with E-state index in [-0.39, 0.29) is 11.2 Å². The molecule has 3 aromatic heterocycles. The van der Waals surface area contributed by atoms with Crippen molar-refractivity contribution in [1.29, 1.82) is 0 Å². The molecule has 0 saturated heterocycles. The summed E-state index contributed by atoms with van der Waals surface area (Å²) in [7, 11) is 0. The smallest absolute Gasteiger partial charge is 0.212 e. The van der Waals surface area contributed by atoms with Crippen molar-refractivity contribution < 1.29 is 4.39 Å². The van der Waals surface area contributed by atoms with Crippen LogP contribution in [0, 0.1) is 5.95 Å². The van der Waals surface area contributed by atoms with Crippen molar-refractivity contribution in [2.45, 2.75) is 0 Å². The molecule has 3 heterocycles. The van der Waals surface area contributed by atoms with Crippen LogP contribution in [0.15, 0.2) is 71.7 Å². The predicted octanol–water partition coefficient (Wildman–Crippen LogP) is 4.99. The third kappa shape index (κ3) is 3.03. The molecule has 0 fully saturated rings. The minimum Gasteiger partial charge on any atom is -0.315 e. The summed E-state index contributed by atoms with van der Waals surface area (Å²) >= 11 is 6.45. The second kappa shape index (κ2) is 6.76. The van der Waals surface area contributed by atoms with E-state index in [1.807, 2.05) is 48.5 Å². The average Bonchev–Trinajstić information content (AvgIpc) is 2.73. The molecule has 0 spiro atoms. The Hall–Kier alpha value is -3.64. The fourth-order valence-electron chi connectivity index (χ4n) is 3.31. The molecule has 5 aromatic rings. The van der Waals surface area contributed by atoms with E-state index >= 15 is 0 Å². The number of pyridine rings is 2. The molecule has 5 nitrogen and oxygen atoms in total. The van der Waals surface area contributed by atoms with Crippen LogP contribution in [0.5, 0.6) is 0 Å². The average molecular weight is 403 g/mol.